The standard InChI is InChI=1S/C14H17BrN2O2/c1-14(2,3)19-13(18)17-8-9(7-16)11-6-10(15)4-5-12(11)17/h4-6,8H,7,16H2,1-3H3. The van der Waals surface area contributed by atoms with Gasteiger partial charge in [0.15, 0.2) is 0 Å². The van der Waals surface area contributed by atoms with E-state index in [1.54, 1.807) is 6.20 Å². The lowest BCUT2D eigenvalue weighted by Gasteiger charge is -2.19. The first-order valence-electron chi connectivity index (χ1n) is 6.05. The van der Waals surface area contributed by atoms with Gasteiger partial charge in [-0.2, -0.15) is 0 Å². The normalized spacial score (nSPS) is 11.8. The molecule has 0 aliphatic rings. The van der Waals surface area contributed by atoms with Crippen LogP contribution in [0.1, 0.15) is 26.3 Å². The number of carbonyl (C=O) groups excluding carboxylic acids is 1. The first-order chi connectivity index (χ1) is 8.81. The summed E-state index contributed by atoms with van der Waals surface area (Å²) in [6.07, 6.45) is 1.35. The Labute approximate surface area is 120 Å². The van der Waals surface area contributed by atoms with Gasteiger partial charge in [0, 0.05) is 22.6 Å². The number of benzene rings is 1. The molecule has 0 bridgehead atoms. The summed E-state index contributed by atoms with van der Waals surface area (Å²) < 4.78 is 7.86. The van der Waals surface area contributed by atoms with Crippen LogP contribution in [0.15, 0.2) is 28.9 Å². The number of ether oxygens (including phenoxy) is 1. The lowest BCUT2D eigenvalue weighted by Crippen LogP contribution is -2.26. The summed E-state index contributed by atoms with van der Waals surface area (Å²) in [5, 5.41) is 0.961. The van der Waals surface area contributed by atoms with Crippen molar-refractivity contribution in [2.24, 2.45) is 5.73 Å². The molecule has 0 fully saturated rings. The molecule has 0 amide bonds. The van der Waals surface area contributed by atoms with E-state index in [0.717, 1.165) is 20.9 Å². The highest BCUT2D eigenvalue weighted by molar-refractivity contribution is 9.10. The van der Waals surface area contributed by atoms with Gasteiger partial charge in [-0.15, -0.1) is 0 Å². The van der Waals surface area contributed by atoms with E-state index in [1.807, 2.05) is 39.0 Å². The molecule has 1 heterocycles. The number of nitrogens with zero attached hydrogens (tertiary/aromatic N) is 1. The van der Waals surface area contributed by atoms with Gasteiger partial charge in [-0.05, 0) is 44.5 Å². The number of fused-ring (bicyclic) bond motifs is 1. The molecule has 5 heteroatoms. The molecule has 0 aliphatic heterocycles. The van der Waals surface area contributed by atoms with E-state index in [1.165, 1.54) is 4.57 Å². The second-order valence-corrected chi connectivity index (χ2v) is 6.29. The minimum Gasteiger partial charge on any atom is -0.443 e. The Bertz CT molecular complexity index is 626. The van der Waals surface area contributed by atoms with E-state index >= 15 is 0 Å². The molecule has 102 valence electrons. The fraction of sp³-hybridized carbons (Fsp3) is 0.357. The molecule has 2 rings (SSSR count). The molecule has 1 aromatic carbocycles. The quantitative estimate of drug-likeness (QED) is 0.871. The number of halogens is 1. The third-order valence-electron chi connectivity index (χ3n) is 2.66. The second kappa shape index (κ2) is 4.98. The van der Waals surface area contributed by atoms with Crippen molar-refractivity contribution >= 4 is 32.9 Å². The zero-order valence-corrected chi connectivity index (χ0v) is 12.8. The highest BCUT2D eigenvalue weighted by Gasteiger charge is 2.20. The predicted octanol–water partition coefficient (Wildman–Crippen LogP) is 3.65. The Balaban J connectivity index is 2.52. The van der Waals surface area contributed by atoms with E-state index in [-0.39, 0.29) is 6.09 Å². The Morgan fingerprint density at radius 3 is 2.68 bits per heavy atom. The van der Waals surface area contributed by atoms with E-state index in [2.05, 4.69) is 15.9 Å². The van der Waals surface area contributed by atoms with Crippen LogP contribution >= 0.6 is 15.9 Å². The van der Waals surface area contributed by atoms with Crippen LogP contribution < -0.4 is 5.73 Å². The Kier molecular flexibility index (Phi) is 3.69. The maximum atomic E-state index is 12.2. The average Bonchev–Trinajstić information content (AvgIpc) is 2.64. The fourth-order valence-electron chi connectivity index (χ4n) is 1.90. The van der Waals surface area contributed by atoms with E-state index in [4.69, 9.17) is 10.5 Å². The lowest BCUT2D eigenvalue weighted by molar-refractivity contribution is 0.0544. The van der Waals surface area contributed by atoms with Crippen LogP contribution in [0, 0.1) is 0 Å². The van der Waals surface area contributed by atoms with Gasteiger partial charge in [0.1, 0.15) is 5.60 Å². The van der Waals surface area contributed by atoms with Gasteiger partial charge in [-0.3, -0.25) is 4.57 Å². The highest BCUT2D eigenvalue weighted by Crippen LogP contribution is 2.25. The van der Waals surface area contributed by atoms with Crippen molar-refractivity contribution in [3.63, 3.8) is 0 Å². The molecule has 2 N–H and O–H groups in total. The molecule has 0 aliphatic carbocycles. The van der Waals surface area contributed by atoms with Crippen LogP contribution in [0.3, 0.4) is 0 Å². The van der Waals surface area contributed by atoms with E-state index in [0.29, 0.717) is 6.54 Å². The monoisotopic (exact) mass is 324 g/mol. The maximum absolute atomic E-state index is 12.2. The number of rotatable bonds is 1. The van der Waals surface area contributed by atoms with Crippen LogP contribution in [-0.2, 0) is 11.3 Å². The van der Waals surface area contributed by atoms with E-state index in [9.17, 15) is 4.79 Å². The number of carbonyl (C=O) groups is 1. The van der Waals surface area contributed by atoms with Crippen molar-refractivity contribution in [1.29, 1.82) is 0 Å². The minimum absolute atomic E-state index is 0.378. The zero-order valence-electron chi connectivity index (χ0n) is 11.2. The highest BCUT2D eigenvalue weighted by atomic mass is 79.9. The SMILES string of the molecule is CC(C)(C)OC(=O)n1cc(CN)c2cc(Br)ccc21. The average molecular weight is 325 g/mol. The molecule has 0 unspecified atom stereocenters. The molecule has 0 atom stereocenters. The van der Waals surface area contributed by atoms with Gasteiger partial charge < -0.3 is 10.5 Å². The van der Waals surface area contributed by atoms with Gasteiger partial charge in [-0.1, -0.05) is 15.9 Å². The number of nitrogens with two attached hydrogens (primary N) is 1. The third-order valence-corrected chi connectivity index (χ3v) is 3.15. The van der Waals surface area contributed by atoms with Gasteiger partial charge in [0.25, 0.3) is 0 Å². The second-order valence-electron chi connectivity index (χ2n) is 5.37. The van der Waals surface area contributed by atoms with Crippen LogP contribution in [0.4, 0.5) is 4.79 Å². The molecular weight excluding hydrogens is 308 g/mol. The van der Waals surface area contributed by atoms with Crippen molar-refractivity contribution < 1.29 is 9.53 Å². The van der Waals surface area contributed by atoms with Crippen LogP contribution in [0.25, 0.3) is 10.9 Å². The van der Waals surface area contributed by atoms with Gasteiger partial charge in [0.2, 0.25) is 0 Å². The van der Waals surface area contributed by atoms with Crippen LogP contribution in [0.5, 0.6) is 0 Å². The first-order valence-corrected chi connectivity index (χ1v) is 6.84. The molecule has 0 saturated heterocycles. The van der Waals surface area contributed by atoms with Gasteiger partial charge >= 0.3 is 6.09 Å². The van der Waals surface area contributed by atoms with Crippen molar-refractivity contribution in [3.05, 3.63) is 34.4 Å². The minimum atomic E-state index is -0.522. The number of hydrogen-bond donors (Lipinski definition) is 1. The molecule has 19 heavy (non-hydrogen) atoms. The largest absolute Gasteiger partial charge is 0.443 e. The molecule has 0 saturated carbocycles. The lowest BCUT2D eigenvalue weighted by atomic mass is 10.2. The maximum Gasteiger partial charge on any atom is 0.419 e. The van der Waals surface area contributed by atoms with Crippen LogP contribution in [0.2, 0.25) is 0 Å². The Morgan fingerprint density at radius 2 is 2.11 bits per heavy atom. The molecule has 2 aromatic rings. The van der Waals surface area contributed by atoms with Crippen molar-refractivity contribution in [1.82, 2.24) is 4.57 Å². The topological polar surface area (TPSA) is 57.2 Å². The Morgan fingerprint density at radius 1 is 1.42 bits per heavy atom. The zero-order chi connectivity index (χ0) is 14.2. The number of hydrogen-bond acceptors (Lipinski definition) is 3. The van der Waals surface area contributed by atoms with E-state index < -0.39 is 5.60 Å². The summed E-state index contributed by atoms with van der Waals surface area (Å²) >= 11 is 3.42. The summed E-state index contributed by atoms with van der Waals surface area (Å²) in [5.74, 6) is 0. The third kappa shape index (κ3) is 2.98. The first kappa shape index (κ1) is 14.1. The number of aromatic nitrogens is 1. The molecule has 4 nitrogen and oxygen atoms in total. The summed E-state index contributed by atoms with van der Waals surface area (Å²) in [7, 11) is 0. The van der Waals surface area contributed by atoms with Crippen molar-refractivity contribution in [3.8, 4) is 0 Å². The fourth-order valence-corrected chi connectivity index (χ4v) is 2.26. The smallest absolute Gasteiger partial charge is 0.419 e. The molecule has 1 aromatic heterocycles. The summed E-state index contributed by atoms with van der Waals surface area (Å²) in [4.78, 5) is 12.2. The molecular formula is C14H17BrN2O2. The molecule has 0 radical (unpaired) electrons. The summed E-state index contributed by atoms with van der Waals surface area (Å²) in [6, 6.07) is 5.73. The van der Waals surface area contributed by atoms with Crippen molar-refractivity contribution in [2.75, 3.05) is 0 Å². The summed E-state index contributed by atoms with van der Waals surface area (Å²) in [5.41, 5.74) is 6.93. The predicted molar refractivity (Wildman–Crippen MR) is 79.2 cm³/mol. The van der Waals surface area contributed by atoms with Gasteiger partial charge in [0.05, 0.1) is 5.52 Å². The van der Waals surface area contributed by atoms with Gasteiger partial charge in [-0.25, -0.2) is 4.79 Å². The van der Waals surface area contributed by atoms with Crippen molar-refractivity contribution in [2.45, 2.75) is 32.9 Å². The summed E-state index contributed by atoms with van der Waals surface area (Å²) in [6.45, 7) is 5.91. The van der Waals surface area contributed by atoms with Crippen LogP contribution in [-0.4, -0.2) is 16.3 Å². The molecule has 0 spiro atoms. The Hall–Kier alpha value is -1.33.